The van der Waals surface area contributed by atoms with Crippen molar-refractivity contribution in [3.63, 3.8) is 0 Å². The molecule has 1 N–H and O–H groups in total. The molecule has 3 rings (SSSR count). The van der Waals surface area contributed by atoms with Crippen molar-refractivity contribution < 1.29 is 22.7 Å². The minimum absolute atomic E-state index is 0.0984. The van der Waals surface area contributed by atoms with Gasteiger partial charge in [0.1, 0.15) is 5.75 Å². The maximum atomic E-state index is 12.3. The molecule has 0 saturated carbocycles. The number of alkyl halides is 3. The van der Waals surface area contributed by atoms with E-state index in [0.29, 0.717) is 24.5 Å². The summed E-state index contributed by atoms with van der Waals surface area (Å²) in [5.41, 5.74) is 2.14. The number of amides is 1. The highest BCUT2D eigenvalue weighted by atomic mass is 19.4. The average molecular weight is 436 g/mol. The Morgan fingerprint density at radius 1 is 1.16 bits per heavy atom. The Balaban J connectivity index is 1.74. The predicted octanol–water partition coefficient (Wildman–Crippen LogP) is 5.01. The molecule has 0 bridgehead atoms. The van der Waals surface area contributed by atoms with Crippen LogP contribution in [0.1, 0.15) is 50.6 Å². The number of nitrogens with one attached hydrogen (secondary N) is 1. The predicted molar refractivity (Wildman–Crippen MR) is 112 cm³/mol. The van der Waals surface area contributed by atoms with Crippen LogP contribution >= 0.6 is 0 Å². The molecule has 2 heterocycles. The molecule has 1 aromatic heterocycles. The van der Waals surface area contributed by atoms with E-state index < -0.39 is 6.36 Å². The van der Waals surface area contributed by atoms with Gasteiger partial charge >= 0.3 is 6.36 Å². The topological polar surface area (TPSA) is 67.4 Å². The molecule has 0 radical (unpaired) electrons. The standard InChI is InChI=1S/C22H27F3N4O2/c1-14-19(28-18(30)12-21(2,3)4)27-17-6-5-11-29(20(17)26-14)13-15-7-9-16(10-8-15)31-22(23,24)25/h7-10H,5-6,11-13H2,1-4H3,(H,27,28,30). The Labute approximate surface area is 179 Å². The highest BCUT2D eigenvalue weighted by Gasteiger charge is 2.31. The summed E-state index contributed by atoms with van der Waals surface area (Å²) in [4.78, 5) is 23.7. The van der Waals surface area contributed by atoms with Crippen molar-refractivity contribution in [1.82, 2.24) is 9.97 Å². The van der Waals surface area contributed by atoms with Crippen LogP contribution < -0.4 is 15.0 Å². The van der Waals surface area contributed by atoms with Crippen LogP contribution in [0.3, 0.4) is 0 Å². The third-order valence-electron chi connectivity index (χ3n) is 4.74. The van der Waals surface area contributed by atoms with E-state index in [-0.39, 0.29) is 17.1 Å². The Bertz CT molecular complexity index is 937. The van der Waals surface area contributed by atoms with Crippen molar-refractivity contribution in [2.45, 2.75) is 59.9 Å². The molecule has 1 aromatic carbocycles. The molecule has 1 aliphatic rings. The van der Waals surface area contributed by atoms with Crippen LogP contribution in [0.2, 0.25) is 0 Å². The summed E-state index contributed by atoms with van der Waals surface area (Å²) in [5, 5.41) is 2.87. The van der Waals surface area contributed by atoms with Crippen LogP contribution in [0.4, 0.5) is 24.8 Å². The molecule has 2 aromatic rings. The molecule has 0 spiro atoms. The van der Waals surface area contributed by atoms with Gasteiger partial charge in [0.15, 0.2) is 11.6 Å². The zero-order valence-corrected chi connectivity index (χ0v) is 18.1. The van der Waals surface area contributed by atoms with Crippen molar-refractivity contribution in [1.29, 1.82) is 0 Å². The van der Waals surface area contributed by atoms with Crippen LogP contribution in [0.25, 0.3) is 0 Å². The fraction of sp³-hybridized carbons (Fsp3) is 0.500. The summed E-state index contributed by atoms with van der Waals surface area (Å²) < 4.78 is 40.9. The highest BCUT2D eigenvalue weighted by molar-refractivity contribution is 5.90. The maximum Gasteiger partial charge on any atom is 0.573 e. The minimum Gasteiger partial charge on any atom is -0.406 e. The van der Waals surface area contributed by atoms with Gasteiger partial charge in [0, 0.05) is 19.5 Å². The number of carbonyl (C=O) groups is 1. The van der Waals surface area contributed by atoms with Crippen molar-refractivity contribution in [2.24, 2.45) is 5.41 Å². The average Bonchev–Trinajstić information content (AvgIpc) is 2.62. The van der Waals surface area contributed by atoms with E-state index in [0.717, 1.165) is 36.5 Å². The number of fused-ring (bicyclic) bond motifs is 1. The Hall–Kier alpha value is -2.84. The fourth-order valence-corrected chi connectivity index (χ4v) is 3.45. The van der Waals surface area contributed by atoms with Crippen LogP contribution in [-0.2, 0) is 17.8 Å². The minimum atomic E-state index is -4.71. The monoisotopic (exact) mass is 436 g/mol. The Morgan fingerprint density at radius 3 is 2.45 bits per heavy atom. The quantitative estimate of drug-likeness (QED) is 0.714. The van der Waals surface area contributed by atoms with Gasteiger partial charge in [-0.05, 0) is 42.9 Å². The van der Waals surface area contributed by atoms with Crippen molar-refractivity contribution >= 4 is 17.5 Å². The zero-order valence-electron chi connectivity index (χ0n) is 18.1. The third kappa shape index (κ3) is 6.57. The number of aromatic nitrogens is 2. The number of hydrogen-bond acceptors (Lipinski definition) is 5. The van der Waals surface area contributed by atoms with Gasteiger partial charge in [-0.3, -0.25) is 4.79 Å². The van der Waals surface area contributed by atoms with Crippen LogP contribution in [0, 0.1) is 12.3 Å². The normalized spacial score (nSPS) is 14.2. The molecule has 0 saturated heterocycles. The smallest absolute Gasteiger partial charge is 0.406 e. The molecule has 0 atom stereocenters. The number of rotatable bonds is 5. The molecule has 31 heavy (non-hydrogen) atoms. The van der Waals surface area contributed by atoms with Crippen LogP contribution in [0.15, 0.2) is 24.3 Å². The number of anilines is 2. The fourth-order valence-electron chi connectivity index (χ4n) is 3.45. The Kier molecular flexibility index (Phi) is 6.43. The first-order valence-electron chi connectivity index (χ1n) is 10.2. The summed E-state index contributed by atoms with van der Waals surface area (Å²) in [7, 11) is 0. The van der Waals surface area contributed by atoms with E-state index >= 15 is 0 Å². The van der Waals surface area contributed by atoms with Crippen LogP contribution in [0.5, 0.6) is 5.75 Å². The first-order valence-corrected chi connectivity index (χ1v) is 10.2. The summed E-state index contributed by atoms with van der Waals surface area (Å²) in [6.45, 7) is 9.05. The van der Waals surface area contributed by atoms with E-state index in [2.05, 4.69) is 24.9 Å². The van der Waals surface area contributed by atoms with Gasteiger partial charge in [-0.15, -0.1) is 13.2 Å². The molecule has 1 amide bonds. The molecular weight excluding hydrogens is 409 g/mol. The van der Waals surface area contributed by atoms with Gasteiger partial charge in [-0.25, -0.2) is 9.97 Å². The van der Waals surface area contributed by atoms with Gasteiger partial charge in [0.2, 0.25) is 5.91 Å². The number of carbonyl (C=O) groups excluding carboxylic acids is 1. The van der Waals surface area contributed by atoms with Crippen molar-refractivity contribution in [3.05, 3.63) is 41.2 Å². The SMILES string of the molecule is Cc1nc2c(nc1NC(=O)CC(C)(C)C)CCCN2Cc1ccc(OC(F)(F)F)cc1. The van der Waals surface area contributed by atoms with Gasteiger partial charge in [-0.1, -0.05) is 32.9 Å². The largest absolute Gasteiger partial charge is 0.573 e. The molecule has 0 unspecified atom stereocenters. The van der Waals surface area contributed by atoms with Crippen LogP contribution in [-0.4, -0.2) is 28.8 Å². The number of nitrogens with zero attached hydrogens (tertiary/aromatic N) is 3. The van der Waals surface area contributed by atoms with E-state index in [1.165, 1.54) is 12.1 Å². The lowest BCUT2D eigenvalue weighted by Crippen LogP contribution is -2.31. The van der Waals surface area contributed by atoms with Gasteiger partial charge in [0.25, 0.3) is 0 Å². The highest BCUT2D eigenvalue weighted by Crippen LogP contribution is 2.29. The molecular formula is C22H27F3N4O2. The van der Waals surface area contributed by atoms with Gasteiger partial charge in [0.05, 0.1) is 11.4 Å². The first-order chi connectivity index (χ1) is 14.4. The lowest BCUT2D eigenvalue weighted by Gasteiger charge is -2.30. The van der Waals surface area contributed by atoms with Crippen molar-refractivity contribution in [2.75, 3.05) is 16.8 Å². The second kappa shape index (κ2) is 8.72. The third-order valence-corrected chi connectivity index (χ3v) is 4.74. The summed E-state index contributed by atoms with van der Waals surface area (Å²) in [6, 6.07) is 5.82. The molecule has 168 valence electrons. The summed E-state index contributed by atoms with van der Waals surface area (Å²) in [5.74, 6) is 0.872. The molecule has 6 nitrogen and oxygen atoms in total. The van der Waals surface area contributed by atoms with E-state index in [1.807, 2.05) is 20.8 Å². The van der Waals surface area contributed by atoms with Gasteiger partial charge < -0.3 is 15.0 Å². The second-order valence-electron chi connectivity index (χ2n) is 8.93. The zero-order chi connectivity index (χ0) is 22.8. The summed E-state index contributed by atoms with van der Waals surface area (Å²) >= 11 is 0. The molecule has 1 aliphatic heterocycles. The lowest BCUT2D eigenvalue weighted by atomic mass is 9.92. The number of aryl methyl sites for hydroxylation is 2. The molecule has 0 fully saturated rings. The van der Waals surface area contributed by atoms with E-state index in [4.69, 9.17) is 0 Å². The van der Waals surface area contributed by atoms with Gasteiger partial charge in [-0.2, -0.15) is 0 Å². The number of hydrogen-bond donors (Lipinski definition) is 1. The number of ether oxygens (including phenoxy) is 1. The molecule has 9 heteroatoms. The first kappa shape index (κ1) is 22.8. The second-order valence-corrected chi connectivity index (χ2v) is 8.93. The summed E-state index contributed by atoms with van der Waals surface area (Å²) in [6.07, 6.45) is -2.71. The Morgan fingerprint density at radius 2 is 1.84 bits per heavy atom. The molecule has 0 aliphatic carbocycles. The maximum absolute atomic E-state index is 12.3. The van der Waals surface area contributed by atoms with E-state index in [1.54, 1.807) is 19.1 Å². The lowest BCUT2D eigenvalue weighted by molar-refractivity contribution is -0.274. The van der Waals surface area contributed by atoms with E-state index in [9.17, 15) is 18.0 Å². The number of halogens is 3. The number of benzene rings is 1. The van der Waals surface area contributed by atoms with Crippen molar-refractivity contribution in [3.8, 4) is 5.75 Å².